The summed E-state index contributed by atoms with van der Waals surface area (Å²) >= 11 is 0. The molecule has 1 aromatic carbocycles. The molecule has 0 saturated heterocycles. The van der Waals surface area contributed by atoms with E-state index in [1.54, 1.807) is 14.2 Å². The fourth-order valence-corrected chi connectivity index (χ4v) is 1.65. The minimum Gasteiger partial charge on any atom is -0.497 e. The molecular formula is C15H26IN3O2. The summed E-state index contributed by atoms with van der Waals surface area (Å²) in [5.74, 6) is 2.39. The van der Waals surface area contributed by atoms with Crippen molar-refractivity contribution < 1.29 is 9.47 Å². The zero-order valence-corrected chi connectivity index (χ0v) is 15.5. The Balaban J connectivity index is 0.00000400. The first kappa shape index (κ1) is 19.8. The second-order valence-electron chi connectivity index (χ2n) is 4.49. The summed E-state index contributed by atoms with van der Waals surface area (Å²) in [7, 11) is 3.41. The molecule has 5 nitrogen and oxygen atoms in total. The Bertz CT molecular complexity index is 427. The molecule has 0 radical (unpaired) electrons. The fraction of sp³-hybridized carbons (Fsp3) is 0.533. The summed E-state index contributed by atoms with van der Waals surface area (Å²) in [5.41, 5.74) is 0. The van der Waals surface area contributed by atoms with Gasteiger partial charge in [-0.3, -0.25) is 4.99 Å². The molecule has 0 fully saturated rings. The van der Waals surface area contributed by atoms with Gasteiger partial charge in [-0.25, -0.2) is 0 Å². The molecule has 6 heteroatoms. The number of ether oxygens (including phenoxy) is 2. The van der Waals surface area contributed by atoms with Gasteiger partial charge in [-0.1, -0.05) is 13.0 Å². The van der Waals surface area contributed by atoms with E-state index >= 15 is 0 Å². The maximum absolute atomic E-state index is 5.83. The lowest BCUT2D eigenvalue weighted by Crippen LogP contribution is -2.42. The van der Waals surface area contributed by atoms with E-state index in [1.807, 2.05) is 31.2 Å². The highest BCUT2D eigenvalue weighted by Gasteiger charge is 2.06. The van der Waals surface area contributed by atoms with E-state index in [2.05, 4.69) is 22.5 Å². The molecule has 21 heavy (non-hydrogen) atoms. The smallest absolute Gasteiger partial charge is 0.191 e. The number of benzene rings is 1. The number of guanidine groups is 1. The maximum atomic E-state index is 5.83. The largest absolute Gasteiger partial charge is 0.497 e. The molecule has 2 N–H and O–H groups in total. The van der Waals surface area contributed by atoms with E-state index in [0.29, 0.717) is 6.54 Å². The van der Waals surface area contributed by atoms with Gasteiger partial charge in [-0.15, -0.1) is 24.0 Å². The van der Waals surface area contributed by atoms with Gasteiger partial charge in [-0.05, 0) is 25.5 Å². The van der Waals surface area contributed by atoms with Crippen molar-refractivity contribution in [2.75, 3.05) is 27.2 Å². The van der Waals surface area contributed by atoms with Crippen molar-refractivity contribution in [3.63, 3.8) is 0 Å². The Morgan fingerprint density at radius 1 is 1.29 bits per heavy atom. The van der Waals surface area contributed by atoms with Crippen LogP contribution in [0.2, 0.25) is 0 Å². The molecule has 1 rings (SSSR count). The van der Waals surface area contributed by atoms with Gasteiger partial charge in [0.2, 0.25) is 0 Å². The van der Waals surface area contributed by atoms with E-state index in [9.17, 15) is 0 Å². The lowest BCUT2D eigenvalue weighted by atomic mass is 10.3. The van der Waals surface area contributed by atoms with Gasteiger partial charge in [0.25, 0.3) is 0 Å². The number of halogens is 1. The number of hydrogen-bond acceptors (Lipinski definition) is 3. The number of nitrogens with one attached hydrogen (secondary N) is 2. The van der Waals surface area contributed by atoms with Crippen LogP contribution in [0.25, 0.3) is 0 Å². The summed E-state index contributed by atoms with van der Waals surface area (Å²) in [6.07, 6.45) is 1.10. The van der Waals surface area contributed by atoms with Crippen molar-refractivity contribution in [3.05, 3.63) is 24.3 Å². The zero-order valence-electron chi connectivity index (χ0n) is 13.2. The monoisotopic (exact) mass is 407 g/mol. The maximum Gasteiger partial charge on any atom is 0.191 e. The molecule has 0 spiro atoms. The van der Waals surface area contributed by atoms with Crippen molar-refractivity contribution in [2.24, 2.45) is 4.99 Å². The van der Waals surface area contributed by atoms with E-state index in [0.717, 1.165) is 30.4 Å². The molecule has 0 heterocycles. The molecule has 0 aliphatic carbocycles. The van der Waals surface area contributed by atoms with Gasteiger partial charge in [0, 0.05) is 19.7 Å². The van der Waals surface area contributed by atoms with Crippen LogP contribution in [-0.2, 0) is 0 Å². The minimum atomic E-state index is 0. The number of rotatable bonds is 7. The quantitative estimate of drug-likeness (QED) is 0.415. The molecule has 0 aliphatic rings. The number of nitrogens with zero attached hydrogens (tertiary/aromatic N) is 1. The normalized spacial score (nSPS) is 12.1. The summed E-state index contributed by atoms with van der Waals surface area (Å²) in [6, 6.07) is 7.60. The first-order chi connectivity index (χ1) is 9.69. The topological polar surface area (TPSA) is 54.9 Å². The first-order valence-corrected chi connectivity index (χ1v) is 6.94. The van der Waals surface area contributed by atoms with Crippen molar-refractivity contribution >= 4 is 29.9 Å². The van der Waals surface area contributed by atoms with Gasteiger partial charge < -0.3 is 20.1 Å². The van der Waals surface area contributed by atoms with Crippen LogP contribution in [-0.4, -0.2) is 39.3 Å². The summed E-state index contributed by atoms with van der Waals surface area (Å²) in [4.78, 5) is 4.15. The van der Waals surface area contributed by atoms with Crippen LogP contribution in [0, 0.1) is 0 Å². The van der Waals surface area contributed by atoms with Gasteiger partial charge in [0.05, 0.1) is 13.7 Å². The Morgan fingerprint density at radius 3 is 2.62 bits per heavy atom. The van der Waals surface area contributed by atoms with Gasteiger partial charge in [-0.2, -0.15) is 0 Å². The average Bonchev–Trinajstić information content (AvgIpc) is 2.47. The van der Waals surface area contributed by atoms with Crippen molar-refractivity contribution in [2.45, 2.75) is 26.4 Å². The van der Waals surface area contributed by atoms with Crippen LogP contribution >= 0.6 is 24.0 Å². The van der Waals surface area contributed by atoms with E-state index in [-0.39, 0.29) is 30.1 Å². The highest BCUT2D eigenvalue weighted by Crippen LogP contribution is 2.19. The predicted octanol–water partition coefficient (Wildman–Crippen LogP) is 2.66. The second-order valence-corrected chi connectivity index (χ2v) is 4.49. The van der Waals surface area contributed by atoms with E-state index in [4.69, 9.17) is 9.47 Å². The van der Waals surface area contributed by atoms with E-state index < -0.39 is 0 Å². The SMILES string of the molecule is CCCNC(=NC)NCC(C)Oc1cccc(OC)c1.I. The van der Waals surface area contributed by atoms with Gasteiger partial charge in [0.1, 0.15) is 17.6 Å². The van der Waals surface area contributed by atoms with Crippen LogP contribution in [0.15, 0.2) is 29.3 Å². The average molecular weight is 407 g/mol. The van der Waals surface area contributed by atoms with Crippen LogP contribution in [0.1, 0.15) is 20.3 Å². The highest BCUT2D eigenvalue weighted by atomic mass is 127. The highest BCUT2D eigenvalue weighted by molar-refractivity contribution is 14.0. The summed E-state index contributed by atoms with van der Waals surface area (Å²) in [5, 5.41) is 6.46. The fourth-order valence-electron chi connectivity index (χ4n) is 1.65. The molecule has 1 aromatic rings. The number of hydrogen-bond donors (Lipinski definition) is 2. The Labute approximate surface area is 144 Å². The Hall–Kier alpha value is -1.18. The van der Waals surface area contributed by atoms with Crippen LogP contribution in [0.4, 0.5) is 0 Å². The van der Waals surface area contributed by atoms with Crippen molar-refractivity contribution in [3.8, 4) is 11.5 Å². The standard InChI is InChI=1S/C15H25N3O2.HI/c1-5-9-17-15(16-3)18-11-12(2)20-14-8-6-7-13(10-14)19-4;/h6-8,10,12H,5,9,11H2,1-4H3,(H2,16,17,18);1H. The van der Waals surface area contributed by atoms with E-state index in [1.165, 1.54) is 0 Å². The summed E-state index contributed by atoms with van der Waals surface area (Å²) < 4.78 is 11.0. The minimum absolute atomic E-state index is 0. The molecule has 0 aliphatic heterocycles. The molecule has 0 saturated carbocycles. The van der Waals surface area contributed by atoms with Crippen LogP contribution in [0.3, 0.4) is 0 Å². The molecule has 0 bridgehead atoms. The van der Waals surface area contributed by atoms with Crippen molar-refractivity contribution in [1.82, 2.24) is 10.6 Å². The zero-order chi connectivity index (χ0) is 14.8. The molecule has 1 unspecified atom stereocenters. The third kappa shape index (κ3) is 7.99. The molecule has 0 aromatic heterocycles. The number of methoxy groups -OCH3 is 1. The van der Waals surface area contributed by atoms with Gasteiger partial charge in [0.15, 0.2) is 5.96 Å². The Morgan fingerprint density at radius 2 is 2.00 bits per heavy atom. The first-order valence-electron chi connectivity index (χ1n) is 6.94. The third-order valence-electron chi connectivity index (χ3n) is 2.70. The van der Waals surface area contributed by atoms with Crippen molar-refractivity contribution in [1.29, 1.82) is 0 Å². The second kappa shape index (κ2) is 11.5. The van der Waals surface area contributed by atoms with Gasteiger partial charge >= 0.3 is 0 Å². The molecular weight excluding hydrogens is 381 g/mol. The number of aliphatic imine (C=N–C) groups is 1. The van der Waals surface area contributed by atoms with Crippen LogP contribution < -0.4 is 20.1 Å². The molecule has 120 valence electrons. The lowest BCUT2D eigenvalue weighted by Gasteiger charge is -2.18. The molecule has 1 atom stereocenters. The third-order valence-corrected chi connectivity index (χ3v) is 2.70. The lowest BCUT2D eigenvalue weighted by molar-refractivity contribution is 0.223. The van der Waals surface area contributed by atoms with Crippen LogP contribution in [0.5, 0.6) is 11.5 Å². The summed E-state index contributed by atoms with van der Waals surface area (Å²) in [6.45, 7) is 5.72. The predicted molar refractivity (Wildman–Crippen MR) is 98.2 cm³/mol. The Kier molecular flexibility index (Phi) is 10.8. The molecule has 0 amide bonds.